The Morgan fingerprint density at radius 1 is 1.00 bits per heavy atom. The van der Waals surface area contributed by atoms with E-state index in [1.165, 1.54) is 24.0 Å². The van der Waals surface area contributed by atoms with E-state index >= 15 is 0 Å². The highest BCUT2D eigenvalue weighted by atomic mass is 16.5. The molecule has 0 bridgehead atoms. The van der Waals surface area contributed by atoms with Crippen molar-refractivity contribution in [2.75, 3.05) is 26.7 Å². The summed E-state index contributed by atoms with van der Waals surface area (Å²) in [5, 5.41) is 0. The summed E-state index contributed by atoms with van der Waals surface area (Å²) >= 11 is 0. The van der Waals surface area contributed by atoms with Crippen LogP contribution < -0.4 is 4.74 Å². The van der Waals surface area contributed by atoms with E-state index < -0.39 is 0 Å². The molecule has 1 aliphatic heterocycles. The zero-order valence-electron chi connectivity index (χ0n) is 21.3. The summed E-state index contributed by atoms with van der Waals surface area (Å²) in [6, 6.07) is 25.0. The Morgan fingerprint density at radius 3 is 2.56 bits per heavy atom. The fourth-order valence-corrected chi connectivity index (χ4v) is 6.00. The number of hydrogen-bond acceptors (Lipinski definition) is 4. The second-order valence-electron chi connectivity index (χ2n) is 10.3. The lowest BCUT2D eigenvalue weighted by Gasteiger charge is -2.31. The predicted octanol–water partition coefficient (Wildman–Crippen LogP) is 5.52. The van der Waals surface area contributed by atoms with Crippen molar-refractivity contribution in [3.63, 3.8) is 0 Å². The fraction of sp³-hybridized carbons (Fsp3) is 0.419. The van der Waals surface area contributed by atoms with Crippen molar-refractivity contribution in [1.29, 1.82) is 0 Å². The Hall–Kier alpha value is -3.18. The summed E-state index contributed by atoms with van der Waals surface area (Å²) in [4.78, 5) is 23.0. The molecule has 5 nitrogen and oxygen atoms in total. The summed E-state index contributed by atoms with van der Waals surface area (Å²) in [6.45, 7) is 4.17. The average Bonchev–Trinajstić information content (AvgIpc) is 3.60. The number of ether oxygens (including phenoxy) is 1. The van der Waals surface area contributed by atoms with Gasteiger partial charge in [-0.05, 0) is 54.2 Å². The minimum atomic E-state index is 0.176. The molecule has 1 aliphatic carbocycles. The van der Waals surface area contributed by atoms with Gasteiger partial charge >= 0.3 is 0 Å². The number of carbonyl (C=O) groups is 1. The van der Waals surface area contributed by atoms with Crippen LogP contribution in [-0.4, -0.2) is 47.4 Å². The lowest BCUT2D eigenvalue weighted by molar-refractivity contribution is -0.136. The second-order valence-corrected chi connectivity index (χ2v) is 10.3. The van der Waals surface area contributed by atoms with E-state index in [0.29, 0.717) is 24.3 Å². The van der Waals surface area contributed by atoms with Gasteiger partial charge in [0.2, 0.25) is 5.91 Å². The highest BCUT2D eigenvalue weighted by Crippen LogP contribution is 2.36. The second kappa shape index (κ2) is 11.7. The molecule has 188 valence electrons. The number of amides is 1. The Morgan fingerprint density at radius 2 is 1.81 bits per heavy atom. The van der Waals surface area contributed by atoms with Crippen molar-refractivity contribution in [2.24, 2.45) is 11.8 Å². The summed E-state index contributed by atoms with van der Waals surface area (Å²) in [5.41, 5.74) is 3.58. The molecule has 2 fully saturated rings. The van der Waals surface area contributed by atoms with Crippen molar-refractivity contribution >= 4 is 5.91 Å². The van der Waals surface area contributed by atoms with Gasteiger partial charge in [0.1, 0.15) is 5.75 Å². The molecule has 1 saturated heterocycles. The first-order chi connectivity index (χ1) is 17.7. The van der Waals surface area contributed by atoms with E-state index in [0.717, 1.165) is 50.5 Å². The molecule has 0 N–H and O–H groups in total. The number of carbonyl (C=O) groups excluding carboxylic acids is 1. The largest absolute Gasteiger partial charge is 0.497 e. The number of likely N-dealkylation sites (tertiary alicyclic amines) is 1. The molecule has 2 heterocycles. The van der Waals surface area contributed by atoms with E-state index in [4.69, 9.17) is 4.74 Å². The van der Waals surface area contributed by atoms with Crippen molar-refractivity contribution in [3.05, 3.63) is 95.8 Å². The van der Waals surface area contributed by atoms with Crippen LogP contribution in [0, 0.1) is 11.8 Å². The summed E-state index contributed by atoms with van der Waals surface area (Å²) < 4.78 is 5.55. The van der Waals surface area contributed by atoms with Gasteiger partial charge in [-0.1, -0.05) is 61.4 Å². The Labute approximate surface area is 215 Å². The van der Waals surface area contributed by atoms with Gasteiger partial charge < -0.3 is 9.64 Å². The van der Waals surface area contributed by atoms with Crippen LogP contribution in [0.15, 0.2) is 79.0 Å². The summed E-state index contributed by atoms with van der Waals surface area (Å²) in [5.74, 6) is 2.07. The SMILES string of the molecule is COc1cccc(C2CN(Cc3ccccn3)CC2CN(Cc2ccccc2)C(=O)C2CCCC2)c1. The molecule has 1 aromatic heterocycles. The number of hydrogen-bond donors (Lipinski definition) is 0. The Balaban J connectivity index is 1.40. The van der Waals surface area contributed by atoms with Crippen LogP contribution in [0.1, 0.15) is 48.4 Å². The van der Waals surface area contributed by atoms with Gasteiger partial charge in [0.25, 0.3) is 0 Å². The molecule has 1 saturated carbocycles. The van der Waals surface area contributed by atoms with Crippen molar-refractivity contribution in [2.45, 2.75) is 44.7 Å². The molecule has 2 aromatic carbocycles. The Kier molecular flexibility index (Phi) is 7.97. The molecule has 0 radical (unpaired) electrons. The molecule has 2 aliphatic rings. The topological polar surface area (TPSA) is 45.7 Å². The number of methoxy groups -OCH3 is 1. The van der Waals surface area contributed by atoms with Crippen molar-refractivity contribution in [3.8, 4) is 5.75 Å². The number of benzene rings is 2. The van der Waals surface area contributed by atoms with Crippen LogP contribution in [0.3, 0.4) is 0 Å². The van der Waals surface area contributed by atoms with Crippen molar-refractivity contribution in [1.82, 2.24) is 14.8 Å². The lowest BCUT2D eigenvalue weighted by Crippen LogP contribution is -2.40. The van der Waals surface area contributed by atoms with E-state index in [2.05, 4.69) is 69.4 Å². The summed E-state index contributed by atoms with van der Waals surface area (Å²) in [7, 11) is 1.72. The molecular weight excluding hydrogens is 446 g/mol. The smallest absolute Gasteiger partial charge is 0.225 e. The number of pyridine rings is 1. The monoisotopic (exact) mass is 483 g/mol. The van der Waals surface area contributed by atoms with E-state index in [-0.39, 0.29) is 5.92 Å². The zero-order valence-corrected chi connectivity index (χ0v) is 21.3. The van der Waals surface area contributed by atoms with Crippen LogP contribution in [0.4, 0.5) is 0 Å². The third-order valence-corrected chi connectivity index (χ3v) is 7.84. The molecule has 2 atom stereocenters. The fourth-order valence-electron chi connectivity index (χ4n) is 6.00. The molecular formula is C31H37N3O2. The quantitative estimate of drug-likeness (QED) is 0.402. The minimum absolute atomic E-state index is 0.176. The first kappa shape index (κ1) is 24.5. The maximum atomic E-state index is 13.7. The number of nitrogens with zero attached hydrogens (tertiary/aromatic N) is 3. The minimum Gasteiger partial charge on any atom is -0.497 e. The maximum absolute atomic E-state index is 13.7. The van der Waals surface area contributed by atoms with Gasteiger partial charge in [-0.2, -0.15) is 0 Å². The Bertz CT molecular complexity index is 1110. The third-order valence-electron chi connectivity index (χ3n) is 7.84. The van der Waals surface area contributed by atoms with Gasteiger partial charge in [-0.3, -0.25) is 14.7 Å². The molecule has 1 amide bonds. The molecule has 0 spiro atoms. The molecule has 3 aromatic rings. The van der Waals surface area contributed by atoms with Gasteiger partial charge in [0.05, 0.1) is 12.8 Å². The van der Waals surface area contributed by atoms with Crippen LogP contribution >= 0.6 is 0 Å². The average molecular weight is 484 g/mol. The van der Waals surface area contributed by atoms with Gasteiger partial charge in [-0.25, -0.2) is 0 Å². The van der Waals surface area contributed by atoms with Crippen LogP contribution in [0.25, 0.3) is 0 Å². The first-order valence-corrected chi connectivity index (χ1v) is 13.3. The van der Waals surface area contributed by atoms with Crippen LogP contribution in [-0.2, 0) is 17.9 Å². The third kappa shape index (κ3) is 5.96. The molecule has 5 heteroatoms. The van der Waals surface area contributed by atoms with E-state index in [9.17, 15) is 4.79 Å². The van der Waals surface area contributed by atoms with Gasteiger partial charge in [0, 0.05) is 50.8 Å². The standard InChI is InChI=1S/C31H37N3O2/c1-36-29-16-9-14-26(18-29)30-23-33(22-28-15-7-8-17-32-28)20-27(30)21-34(19-24-10-3-2-4-11-24)31(35)25-12-5-6-13-25/h2-4,7-11,14-18,25,27,30H,5-6,12-13,19-23H2,1H3. The number of aromatic nitrogens is 1. The normalized spacial score (nSPS) is 20.5. The van der Waals surface area contributed by atoms with Gasteiger partial charge in [0.15, 0.2) is 0 Å². The van der Waals surface area contributed by atoms with Crippen LogP contribution in [0.2, 0.25) is 0 Å². The summed E-state index contributed by atoms with van der Waals surface area (Å²) in [6.07, 6.45) is 6.26. The highest BCUT2D eigenvalue weighted by Gasteiger charge is 2.37. The number of rotatable bonds is 9. The lowest BCUT2D eigenvalue weighted by atomic mass is 9.88. The van der Waals surface area contributed by atoms with Crippen LogP contribution in [0.5, 0.6) is 5.75 Å². The highest BCUT2D eigenvalue weighted by molar-refractivity contribution is 5.79. The molecule has 2 unspecified atom stereocenters. The van der Waals surface area contributed by atoms with E-state index in [1.807, 2.05) is 24.4 Å². The first-order valence-electron chi connectivity index (χ1n) is 13.3. The molecule has 36 heavy (non-hydrogen) atoms. The zero-order chi connectivity index (χ0) is 24.7. The predicted molar refractivity (Wildman–Crippen MR) is 143 cm³/mol. The van der Waals surface area contributed by atoms with E-state index in [1.54, 1.807) is 7.11 Å². The molecule has 5 rings (SSSR count). The van der Waals surface area contributed by atoms with Crippen molar-refractivity contribution < 1.29 is 9.53 Å². The maximum Gasteiger partial charge on any atom is 0.225 e. The van der Waals surface area contributed by atoms with Gasteiger partial charge in [-0.15, -0.1) is 0 Å².